The first-order valence-electron chi connectivity index (χ1n) is 11.9. The minimum Gasteiger partial charge on any atom is -0.484 e. The van der Waals surface area contributed by atoms with Crippen molar-refractivity contribution in [3.63, 3.8) is 0 Å². The van der Waals surface area contributed by atoms with Crippen LogP contribution < -0.4 is 10.1 Å². The Kier molecular flexibility index (Phi) is 10.1. The van der Waals surface area contributed by atoms with Crippen LogP contribution in [0, 0.1) is 0 Å². The number of rotatable bonds is 11. The van der Waals surface area contributed by atoms with Crippen molar-refractivity contribution in [1.29, 1.82) is 0 Å². The van der Waals surface area contributed by atoms with Crippen LogP contribution in [-0.2, 0) is 11.0 Å². The van der Waals surface area contributed by atoms with Crippen molar-refractivity contribution in [2.75, 3.05) is 6.54 Å². The number of carboxylic acid groups (broad SMARTS) is 1. The fourth-order valence-corrected chi connectivity index (χ4v) is 4.37. The summed E-state index contributed by atoms with van der Waals surface area (Å²) >= 11 is 12.3. The highest BCUT2D eigenvalue weighted by atomic mass is 35.5. The van der Waals surface area contributed by atoms with E-state index in [9.17, 15) is 22.8 Å². The highest BCUT2D eigenvalue weighted by Gasteiger charge is 2.32. The molecular formula is C28H26Cl2F3NO4. The molecule has 0 aromatic heterocycles. The van der Waals surface area contributed by atoms with Gasteiger partial charge in [-0.25, -0.2) is 0 Å². The monoisotopic (exact) mass is 567 g/mol. The molecule has 202 valence electrons. The van der Waals surface area contributed by atoms with Gasteiger partial charge in [0.05, 0.1) is 17.0 Å². The van der Waals surface area contributed by atoms with Crippen molar-refractivity contribution in [3.8, 4) is 5.75 Å². The number of hydrogen-bond donors (Lipinski definition) is 2. The molecule has 3 aromatic rings. The Balaban J connectivity index is 1.94. The molecule has 0 unspecified atom stereocenters. The lowest BCUT2D eigenvalue weighted by Gasteiger charge is -2.29. The third-order valence-corrected chi connectivity index (χ3v) is 6.45. The van der Waals surface area contributed by atoms with Crippen LogP contribution in [0.3, 0.4) is 0 Å². The summed E-state index contributed by atoms with van der Waals surface area (Å²) in [6, 6.07) is 16.8. The fraction of sp³-hybridized carbons (Fsp3) is 0.286. The first-order valence-corrected chi connectivity index (χ1v) is 12.6. The molecular weight excluding hydrogens is 542 g/mol. The predicted molar refractivity (Wildman–Crippen MR) is 140 cm³/mol. The van der Waals surface area contributed by atoms with Crippen molar-refractivity contribution in [3.05, 3.63) is 99.0 Å². The Hall–Kier alpha value is -3.23. The van der Waals surface area contributed by atoms with E-state index in [0.717, 1.165) is 29.7 Å². The molecule has 0 saturated carbocycles. The zero-order valence-corrected chi connectivity index (χ0v) is 21.9. The lowest BCUT2D eigenvalue weighted by atomic mass is 9.85. The van der Waals surface area contributed by atoms with E-state index in [0.29, 0.717) is 17.0 Å². The lowest BCUT2D eigenvalue weighted by Crippen LogP contribution is -2.26. The molecule has 3 rings (SSSR count). The molecule has 3 aromatic carbocycles. The highest BCUT2D eigenvalue weighted by Crippen LogP contribution is 2.42. The molecule has 1 amide bonds. The molecule has 0 radical (unpaired) electrons. The van der Waals surface area contributed by atoms with E-state index in [-0.39, 0.29) is 29.7 Å². The van der Waals surface area contributed by atoms with Gasteiger partial charge < -0.3 is 15.2 Å². The minimum atomic E-state index is -4.54. The van der Waals surface area contributed by atoms with Gasteiger partial charge in [-0.3, -0.25) is 9.59 Å². The Morgan fingerprint density at radius 3 is 2.16 bits per heavy atom. The van der Waals surface area contributed by atoms with Crippen LogP contribution in [0.15, 0.2) is 66.7 Å². The number of aliphatic carboxylic acids is 1. The number of halogens is 5. The van der Waals surface area contributed by atoms with E-state index in [4.69, 9.17) is 33.0 Å². The molecule has 0 bridgehead atoms. The Bertz CT molecular complexity index is 1250. The quantitative estimate of drug-likeness (QED) is 0.247. The number of carbonyl (C=O) groups is 2. The number of carbonyl (C=O) groups excluding carboxylic acids is 1. The smallest absolute Gasteiger partial charge is 0.416 e. The normalized spacial score (nSPS) is 13.0. The van der Waals surface area contributed by atoms with E-state index in [1.165, 1.54) is 6.07 Å². The maximum absolute atomic E-state index is 13.1. The van der Waals surface area contributed by atoms with Gasteiger partial charge in [0.1, 0.15) is 11.9 Å². The second-order valence-electron chi connectivity index (χ2n) is 8.65. The number of nitrogens with one attached hydrogen (secondary N) is 1. The molecule has 0 spiro atoms. The topological polar surface area (TPSA) is 75.6 Å². The van der Waals surface area contributed by atoms with Gasteiger partial charge >= 0.3 is 12.1 Å². The SMILES string of the molecule is CCC[C@H](c1ccc(C(=O)NCCC(=O)O)cc1)[C@@H](Oc1ccc(C(F)(F)F)cc1Cl)c1ccc(Cl)cc1. The van der Waals surface area contributed by atoms with Crippen LogP contribution in [0.25, 0.3) is 0 Å². The van der Waals surface area contributed by atoms with Crippen LogP contribution in [0.4, 0.5) is 13.2 Å². The van der Waals surface area contributed by atoms with Gasteiger partial charge in [0.25, 0.3) is 5.91 Å². The second kappa shape index (κ2) is 13.0. The number of amides is 1. The van der Waals surface area contributed by atoms with Crippen molar-refractivity contribution in [1.82, 2.24) is 5.32 Å². The molecule has 0 saturated heterocycles. The average molecular weight is 568 g/mol. The van der Waals surface area contributed by atoms with Crippen LogP contribution in [0.5, 0.6) is 5.75 Å². The second-order valence-corrected chi connectivity index (χ2v) is 9.49. The largest absolute Gasteiger partial charge is 0.484 e. The minimum absolute atomic E-state index is 0.00868. The summed E-state index contributed by atoms with van der Waals surface area (Å²) in [5.41, 5.74) is 1.08. The number of ether oxygens (including phenoxy) is 1. The maximum Gasteiger partial charge on any atom is 0.416 e. The van der Waals surface area contributed by atoms with E-state index in [1.807, 2.05) is 6.92 Å². The molecule has 0 aliphatic carbocycles. The van der Waals surface area contributed by atoms with E-state index < -0.39 is 29.7 Å². The molecule has 0 heterocycles. The number of carboxylic acids is 1. The van der Waals surface area contributed by atoms with Gasteiger partial charge in [-0.05, 0) is 60.0 Å². The van der Waals surface area contributed by atoms with Crippen molar-refractivity contribution in [2.45, 2.75) is 44.4 Å². The zero-order chi connectivity index (χ0) is 27.9. The number of benzene rings is 3. The summed E-state index contributed by atoms with van der Waals surface area (Å²) in [4.78, 5) is 23.0. The van der Waals surface area contributed by atoms with Gasteiger partial charge in [-0.15, -0.1) is 0 Å². The number of hydrogen-bond acceptors (Lipinski definition) is 3. The molecule has 10 heteroatoms. The first kappa shape index (κ1) is 29.3. The fourth-order valence-electron chi connectivity index (χ4n) is 4.02. The summed E-state index contributed by atoms with van der Waals surface area (Å²) in [5.74, 6) is -1.55. The Morgan fingerprint density at radius 2 is 1.61 bits per heavy atom. The van der Waals surface area contributed by atoms with Crippen molar-refractivity contribution >= 4 is 35.1 Å². The summed E-state index contributed by atoms with van der Waals surface area (Å²) in [6.07, 6.45) is -3.91. The lowest BCUT2D eigenvalue weighted by molar-refractivity contribution is -0.138. The van der Waals surface area contributed by atoms with E-state index in [1.54, 1.807) is 48.5 Å². The average Bonchev–Trinajstić information content (AvgIpc) is 2.87. The van der Waals surface area contributed by atoms with Crippen LogP contribution in [-0.4, -0.2) is 23.5 Å². The Labute approximate surface area is 228 Å². The molecule has 0 fully saturated rings. The summed E-state index contributed by atoms with van der Waals surface area (Å²) in [7, 11) is 0. The standard InChI is InChI=1S/C28H26Cl2F3NO4/c1-2-3-22(17-4-6-19(7-5-17)27(37)34-15-14-25(35)36)26(18-8-11-21(29)12-9-18)38-24-13-10-20(16-23(24)30)28(31,32)33/h4-13,16,22,26H,2-3,14-15H2,1H3,(H,34,37)(H,35,36)/t22-,26+/m1/s1. The summed E-state index contributed by atoms with van der Waals surface area (Å²) < 4.78 is 45.7. The molecule has 0 aliphatic rings. The summed E-state index contributed by atoms with van der Waals surface area (Å²) in [5, 5.41) is 11.7. The molecule has 2 N–H and O–H groups in total. The first-order chi connectivity index (χ1) is 18.0. The number of alkyl halides is 3. The third-order valence-electron chi connectivity index (χ3n) is 5.90. The van der Waals surface area contributed by atoms with E-state index >= 15 is 0 Å². The van der Waals surface area contributed by atoms with Gasteiger partial charge in [-0.1, -0.05) is 60.8 Å². The highest BCUT2D eigenvalue weighted by molar-refractivity contribution is 6.32. The van der Waals surface area contributed by atoms with Gasteiger partial charge in [0.15, 0.2) is 0 Å². The van der Waals surface area contributed by atoms with Gasteiger partial charge in [0, 0.05) is 23.0 Å². The molecule has 2 atom stereocenters. The van der Waals surface area contributed by atoms with Crippen molar-refractivity contribution < 1.29 is 32.6 Å². The van der Waals surface area contributed by atoms with Gasteiger partial charge in [-0.2, -0.15) is 13.2 Å². The van der Waals surface area contributed by atoms with Crippen LogP contribution >= 0.6 is 23.2 Å². The maximum atomic E-state index is 13.1. The zero-order valence-electron chi connectivity index (χ0n) is 20.4. The molecule has 5 nitrogen and oxygen atoms in total. The predicted octanol–water partition coefficient (Wildman–Crippen LogP) is 7.92. The molecule has 38 heavy (non-hydrogen) atoms. The van der Waals surface area contributed by atoms with E-state index in [2.05, 4.69) is 5.32 Å². The van der Waals surface area contributed by atoms with Crippen molar-refractivity contribution in [2.24, 2.45) is 0 Å². The Morgan fingerprint density at radius 1 is 0.974 bits per heavy atom. The summed E-state index contributed by atoms with van der Waals surface area (Å²) in [6.45, 7) is 2.01. The van der Waals surface area contributed by atoms with Crippen LogP contribution in [0.2, 0.25) is 10.0 Å². The van der Waals surface area contributed by atoms with Crippen LogP contribution in [0.1, 0.15) is 65.3 Å². The van der Waals surface area contributed by atoms with Gasteiger partial charge in [0.2, 0.25) is 0 Å². The third kappa shape index (κ3) is 7.88. The molecule has 0 aliphatic heterocycles.